The van der Waals surface area contributed by atoms with Crippen molar-refractivity contribution < 1.29 is 9.72 Å². The van der Waals surface area contributed by atoms with E-state index in [9.17, 15) is 14.9 Å². The maximum absolute atomic E-state index is 12.2. The molecule has 1 aromatic heterocycles. The second-order valence-corrected chi connectivity index (χ2v) is 5.91. The Balaban J connectivity index is 2.22. The Morgan fingerprint density at radius 3 is 2.71 bits per heavy atom. The largest absolute Gasteiger partial charge is 0.321 e. The summed E-state index contributed by atoms with van der Waals surface area (Å²) in [7, 11) is 0. The second kappa shape index (κ2) is 6.01. The van der Waals surface area contributed by atoms with Gasteiger partial charge in [0.25, 0.3) is 11.6 Å². The summed E-state index contributed by atoms with van der Waals surface area (Å²) in [5.41, 5.74) is 1.01. The van der Waals surface area contributed by atoms with E-state index in [1.54, 1.807) is 13.0 Å². The van der Waals surface area contributed by atoms with Crippen LogP contribution in [0.5, 0.6) is 0 Å². The van der Waals surface area contributed by atoms with E-state index in [0.29, 0.717) is 16.3 Å². The van der Waals surface area contributed by atoms with Gasteiger partial charge in [0.2, 0.25) is 0 Å². The third kappa shape index (κ3) is 3.43. The molecular formula is C14H15N3O3S. The number of aryl methyl sites for hydroxylation is 1. The van der Waals surface area contributed by atoms with Crippen LogP contribution >= 0.6 is 11.3 Å². The van der Waals surface area contributed by atoms with Gasteiger partial charge in [-0.05, 0) is 13.0 Å². The molecule has 7 heteroatoms. The third-order valence-corrected chi connectivity index (χ3v) is 4.28. The van der Waals surface area contributed by atoms with E-state index in [4.69, 9.17) is 0 Å². The molecule has 2 aromatic rings. The Hall–Kier alpha value is -2.28. The Labute approximate surface area is 126 Å². The molecule has 2 rings (SSSR count). The molecule has 0 radical (unpaired) electrons. The molecule has 0 saturated heterocycles. The fourth-order valence-electron chi connectivity index (χ4n) is 1.76. The number of aromatic nitrogens is 1. The van der Waals surface area contributed by atoms with Gasteiger partial charge in [-0.1, -0.05) is 19.9 Å². The number of benzene rings is 1. The predicted octanol–water partition coefficient (Wildman–Crippen LogP) is 3.74. The van der Waals surface area contributed by atoms with Crippen molar-refractivity contribution in [1.29, 1.82) is 0 Å². The number of non-ortho nitro benzene ring substituents is 1. The summed E-state index contributed by atoms with van der Waals surface area (Å²) >= 11 is 1.35. The average Bonchev–Trinajstić information content (AvgIpc) is 2.81. The Kier molecular flexibility index (Phi) is 4.32. The second-order valence-electron chi connectivity index (χ2n) is 4.88. The molecule has 1 aromatic carbocycles. The van der Waals surface area contributed by atoms with Gasteiger partial charge in [0.15, 0.2) is 0 Å². The quantitative estimate of drug-likeness (QED) is 0.688. The highest BCUT2D eigenvalue weighted by Crippen LogP contribution is 2.26. The number of rotatable bonds is 4. The maximum atomic E-state index is 12.2. The summed E-state index contributed by atoms with van der Waals surface area (Å²) in [4.78, 5) is 27.4. The van der Waals surface area contributed by atoms with Crippen molar-refractivity contribution in [2.24, 2.45) is 0 Å². The fraction of sp³-hybridized carbons (Fsp3) is 0.286. The molecular weight excluding hydrogens is 290 g/mol. The molecule has 6 nitrogen and oxygen atoms in total. The number of amides is 1. The highest BCUT2D eigenvalue weighted by atomic mass is 32.1. The van der Waals surface area contributed by atoms with Crippen LogP contribution in [0.4, 0.5) is 11.4 Å². The number of carbonyl (C=O) groups excluding carboxylic acids is 1. The molecule has 0 aliphatic heterocycles. The van der Waals surface area contributed by atoms with E-state index >= 15 is 0 Å². The summed E-state index contributed by atoms with van der Waals surface area (Å²) in [5.74, 6) is -0.0366. The minimum absolute atomic E-state index is 0.0586. The molecule has 1 amide bonds. The van der Waals surface area contributed by atoms with Crippen LogP contribution in [0.1, 0.15) is 40.1 Å². The van der Waals surface area contributed by atoms with Crippen molar-refractivity contribution in [1.82, 2.24) is 4.98 Å². The predicted molar refractivity (Wildman–Crippen MR) is 82.0 cm³/mol. The number of nitro benzene ring substituents is 1. The zero-order chi connectivity index (χ0) is 15.6. The SMILES string of the molecule is Cc1nc(C(C)C)sc1C(=O)Nc1cccc([N+](=O)[O-])c1. The van der Waals surface area contributed by atoms with Crippen LogP contribution in [0.3, 0.4) is 0 Å². The topological polar surface area (TPSA) is 85.1 Å². The van der Waals surface area contributed by atoms with Crippen LogP contribution in [0.25, 0.3) is 0 Å². The number of nitrogens with zero attached hydrogens (tertiary/aromatic N) is 2. The van der Waals surface area contributed by atoms with Gasteiger partial charge in [-0.25, -0.2) is 4.98 Å². The smallest absolute Gasteiger partial charge is 0.271 e. The molecule has 0 bridgehead atoms. The lowest BCUT2D eigenvalue weighted by molar-refractivity contribution is -0.384. The Morgan fingerprint density at radius 2 is 2.14 bits per heavy atom. The molecule has 21 heavy (non-hydrogen) atoms. The van der Waals surface area contributed by atoms with Crippen LogP contribution in [-0.4, -0.2) is 15.8 Å². The minimum Gasteiger partial charge on any atom is -0.321 e. The number of thiazole rings is 1. The molecule has 110 valence electrons. The van der Waals surface area contributed by atoms with Gasteiger partial charge in [0.05, 0.1) is 15.6 Å². The average molecular weight is 305 g/mol. The first-order valence-electron chi connectivity index (χ1n) is 6.41. The number of nitrogens with one attached hydrogen (secondary N) is 1. The van der Waals surface area contributed by atoms with E-state index in [-0.39, 0.29) is 17.5 Å². The molecule has 1 heterocycles. The van der Waals surface area contributed by atoms with Crippen LogP contribution in [-0.2, 0) is 0 Å². The summed E-state index contributed by atoms with van der Waals surface area (Å²) in [6, 6.07) is 5.86. The number of carbonyl (C=O) groups is 1. The van der Waals surface area contributed by atoms with E-state index in [0.717, 1.165) is 5.01 Å². The number of hydrogen-bond acceptors (Lipinski definition) is 5. The Morgan fingerprint density at radius 1 is 1.43 bits per heavy atom. The number of anilines is 1. The maximum Gasteiger partial charge on any atom is 0.271 e. The standard InChI is InChI=1S/C14H15N3O3S/c1-8(2)14-15-9(3)12(21-14)13(18)16-10-5-4-6-11(7-10)17(19)20/h4-8H,1-3H3,(H,16,18). The number of nitro groups is 1. The summed E-state index contributed by atoms with van der Waals surface area (Å²) in [6.07, 6.45) is 0. The summed E-state index contributed by atoms with van der Waals surface area (Å²) in [5, 5.41) is 14.3. The monoisotopic (exact) mass is 305 g/mol. The minimum atomic E-state index is -0.496. The van der Waals surface area contributed by atoms with E-state index < -0.39 is 4.92 Å². The van der Waals surface area contributed by atoms with Crippen LogP contribution in [0.15, 0.2) is 24.3 Å². The molecule has 1 N–H and O–H groups in total. The normalized spacial score (nSPS) is 10.7. The van der Waals surface area contributed by atoms with Crippen LogP contribution in [0, 0.1) is 17.0 Å². The van der Waals surface area contributed by atoms with Gasteiger partial charge in [-0.3, -0.25) is 14.9 Å². The number of hydrogen-bond donors (Lipinski definition) is 1. The molecule has 0 atom stereocenters. The molecule has 0 aliphatic carbocycles. The summed E-state index contributed by atoms with van der Waals surface area (Å²) < 4.78 is 0. The van der Waals surface area contributed by atoms with Crippen molar-refractivity contribution in [3.8, 4) is 0 Å². The van der Waals surface area contributed by atoms with Gasteiger partial charge in [-0.2, -0.15) is 0 Å². The van der Waals surface area contributed by atoms with Crippen molar-refractivity contribution in [2.75, 3.05) is 5.32 Å². The van der Waals surface area contributed by atoms with Crippen molar-refractivity contribution in [3.63, 3.8) is 0 Å². The van der Waals surface area contributed by atoms with Crippen molar-refractivity contribution in [3.05, 3.63) is 50.0 Å². The summed E-state index contributed by atoms with van der Waals surface area (Å²) in [6.45, 7) is 5.81. The van der Waals surface area contributed by atoms with E-state index in [1.807, 2.05) is 13.8 Å². The zero-order valence-corrected chi connectivity index (χ0v) is 12.7. The first-order valence-corrected chi connectivity index (χ1v) is 7.23. The van der Waals surface area contributed by atoms with Gasteiger partial charge in [0.1, 0.15) is 4.88 Å². The molecule has 0 spiro atoms. The van der Waals surface area contributed by atoms with E-state index in [1.165, 1.54) is 29.5 Å². The Bertz CT molecular complexity index is 695. The van der Waals surface area contributed by atoms with E-state index in [2.05, 4.69) is 10.3 Å². The van der Waals surface area contributed by atoms with Crippen molar-refractivity contribution in [2.45, 2.75) is 26.7 Å². The van der Waals surface area contributed by atoms with Gasteiger partial charge < -0.3 is 5.32 Å². The van der Waals surface area contributed by atoms with Gasteiger partial charge >= 0.3 is 0 Å². The fourth-order valence-corrected chi connectivity index (χ4v) is 2.72. The molecule has 0 aliphatic rings. The molecule has 0 unspecified atom stereocenters. The molecule has 0 fully saturated rings. The van der Waals surface area contributed by atoms with Gasteiger partial charge in [0, 0.05) is 23.7 Å². The van der Waals surface area contributed by atoms with Gasteiger partial charge in [-0.15, -0.1) is 11.3 Å². The highest BCUT2D eigenvalue weighted by molar-refractivity contribution is 7.14. The first kappa shape index (κ1) is 15.1. The highest BCUT2D eigenvalue weighted by Gasteiger charge is 2.17. The lowest BCUT2D eigenvalue weighted by Gasteiger charge is -2.03. The zero-order valence-electron chi connectivity index (χ0n) is 11.9. The third-order valence-electron chi connectivity index (χ3n) is 2.83. The lowest BCUT2D eigenvalue weighted by Crippen LogP contribution is -2.11. The lowest BCUT2D eigenvalue weighted by atomic mass is 10.2. The van der Waals surface area contributed by atoms with Crippen molar-refractivity contribution >= 4 is 28.6 Å². The first-order chi connectivity index (χ1) is 9.88. The van der Waals surface area contributed by atoms with Crippen LogP contribution < -0.4 is 5.32 Å². The molecule has 0 saturated carbocycles. The van der Waals surface area contributed by atoms with Crippen LogP contribution in [0.2, 0.25) is 0 Å².